The molecule has 0 radical (unpaired) electrons. The van der Waals surface area contributed by atoms with E-state index in [2.05, 4.69) is 25.9 Å². The summed E-state index contributed by atoms with van der Waals surface area (Å²) in [6, 6.07) is 14.3. The molecule has 0 spiro atoms. The van der Waals surface area contributed by atoms with Gasteiger partial charge in [0.15, 0.2) is 5.65 Å². The first-order valence-electron chi connectivity index (χ1n) is 12.9. The number of amides is 2. The van der Waals surface area contributed by atoms with E-state index in [4.69, 9.17) is 0 Å². The van der Waals surface area contributed by atoms with Crippen LogP contribution in [0, 0.1) is 12.7 Å². The average Bonchev–Trinajstić information content (AvgIpc) is 3.39. The number of aryl methyl sites for hydroxylation is 1. The van der Waals surface area contributed by atoms with Crippen LogP contribution in [0.15, 0.2) is 79.3 Å². The summed E-state index contributed by atoms with van der Waals surface area (Å²) in [5.41, 5.74) is 0.985. The van der Waals surface area contributed by atoms with Crippen LogP contribution in [-0.2, 0) is 6.18 Å². The van der Waals surface area contributed by atoms with Crippen molar-refractivity contribution in [1.29, 1.82) is 0 Å². The number of aliphatic hydroxyl groups is 1. The van der Waals surface area contributed by atoms with Gasteiger partial charge in [0, 0.05) is 28.8 Å². The third-order valence-electron chi connectivity index (χ3n) is 6.56. The van der Waals surface area contributed by atoms with Crippen LogP contribution < -0.4 is 16.0 Å². The lowest BCUT2D eigenvalue weighted by Crippen LogP contribution is -2.20. The molecule has 4 N–H and O–H groups in total. The number of anilines is 4. The predicted octanol–water partition coefficient (Wildman–Crippen LogP) is 7.03. The topological polar surface area (TPSA) is 121 Å². The number of halogens is 4. The molecule has 0 saturated carbocycles. The predicted molar refractivity (Wildman–Crippen MR) is 153 cm³/mol. The molecule has 5 aromatic rings. The third kappa shape index (κ3) is 6.46. The molecule has 2 aromatic heterocycles. The van der Waals surface area contributed by atoms with Crippen LogP contribution in [0.4, 0.5) is 45.2 Å². The van der Waals surface area contributed by atoms with Crippen molar-refractivity contribution >= 4 is 45.9 Å². The van der Waals surface area contributed by atoms with Crippen molar-refractivity contribution in [2.45, 2.75) is 26.1 Å². The second kappa shape index (κ2) is 11.5. The van der Waals surface area contributed by atoms with Crippen LogP contribution in [0.5, 0.6) is 0 Å². The number of hydrogen-bond acceptors (Lipinski definition) is 6. The molecule has 2 amide bonds. The smallest absolute Gasteiger partial charge is 0.389 e. The minimum absolute atomic E-state index is 0.161. The second-order valence-corrected chi connectivity index (χ2v) is 9.71. The van der Waals surface area contributed by atoms with Crippen molar-refractivity contribution in [1.82, 2.24) is 14.5 Å². The molecule has 2 heterocycles. The van der Waals surface area contributed by atoms with Crippen molar-refractivity contribution in [3.63, 3.8) is 0 Å². The van der Waals surface area contributed by atoms with Gasteiger partial charge in [0.2, 0.25) is 0 Å². The molecule has 0 aliphatic heterocycles. The maximum absolute atomic E-state index is 13.8. The summed E-state index contributed by atoms with van der Waals surface area (Å²) in [4.78, 5) is 34.4. The van der Waals surface area contributed by atoms with Gasteiger partial charge in [0.05, 0.1) is 17.1 Å². The quantitative estimate of drug-likeness (QED) is 0.157. The Kier molecular flexibility index (Phi) is 7.83. The van der Waals surface area contributed by atoms with Gasteiger partial charge in [-0.15, -0.1) is 0 Å². The Labute approximate surface area is 242 Å². The van der Waals surface area contributed by atoms with Crippen molar-refractivity contribution in [2.24, 2.45) is 0 Å². The first-order chi connectivity index (χ1) is 20.4. The molecule has 0 fully saturated rings. The third-order valence-corrected chi connectivity index (χ3v) is 6.56. The van der Waals surface area contributed by atoms with Gasteiger partial charge < -0.3 is 21.1 Å². The highest BCUT2D eigenvalue weighted by molar-refractivity contribution is 6.05. The molecule has 1 unspecified atom stereocenters. The van der Waals surface area contributed by atoms with Crippen molar-refractivity contribution in [3.8, 4) is 0 Å². The highest BCUT2D eigenvalue weighted by Crippen LogP contribution is 2.31. The van der Waals surface area contributed by atoms with E-state index in [9.17, 15) is 32.3 Å². The van der Waals surface area contributed by atoms with Gasteiger partial charge >= 0.3 is 12.2 Å². The first kappa shape index (κ1) is 29.2. The summed E-state index contributed by atoms with van der Waals surface area (Å²) < 4.78 is 54.3. The Balaban J connectivity index is 1.35. The molecular weight excluding hydrogens is 568 g/mol. The fourth-order valence-electron chi connectivity index (χ4n) is 4.33. The van der Waals surface area contributed by atoms with E-state index in [0.717, 1.165) is 0 Å². The summed E-state index contributed by atoms with van der Waals surface area (Å²) in [7, 11) is 0. The number of carbonyl (C=O) groups is 2. The molecule has 220 valence electrons. The molecule has 13 heteroatoms. The van der Waals surface area contributed by atoms with Crippen LogP contribution in [0.1, 0.15) is 40.1 Å². The van der Waals surface area contributed by atoms with Crippen molar-refractivity contribution < 1.29 is 32.3 Å². The molecule has 0 aliphatic carbocycles. The second-order valence-electron chi connectivity index (χ2n) is 9.71. The summed E-state index contributed by atoms with van der Waals surface area (Å²) in [6.07, 6.45) is -2.68. The van der Waals surface area contributed by atoms with E-state index in [1.807, 2.05) is 6.07 Å². The number of carbonyl (C=O) groups excluding carboxylic acids is 2. The zero-order valence-electron chi connectivity index (χ0n) is 22.7. The van der Waals surface area contributed by atoms with Crippen molar-refractivity contribution in [3.05, 3.63) is 107 Å². The number of fused-ring (bicyclic) bond motifs is 1. The van der Waals surface area contributed by atoms with Gasteiger partial charge in [-0.3, -0.25) is 9.36 Å². The van der Waals surface area contributed by atoms with Gasteiger partial charge in [-0.1, -0.05) is 18.2 Å². The number of aromatic nitrogens is 3. The number of alkyl halides is 3. The van der Waals surface area contributed by atoms with E-state index >= 15 is 0 Å². The SMILES string of the molecule is Cc1ccc(NC(=O)c2cc(F)cc(C(F)(F)F)c2)cc1NC(=O)n1ccc2c(Nc3cccc(C(C)O)c3)ncnc21. The molecule has 43 heavy (non-hydrogen) atoms. The zero-order valence-corrected chi connectivity index (χ0v) is 22.7. The number of hydrogen-bond donors (Lipinski definition) is 4. The standard InChI is InChI=1S/C30H24F4N6O3/c1-16-6-7-23(38-28(42)19-10-20(30(32,33)34)13-21(31)11-19)14-25(16)39-29(43)40-9-8-24-26(35-15-36-27(24)40)37-22-5-3-4-18(12-22)17(2)41/h3-15,17,41H,1-2H3,(H,38,42)(H,39,43)(H,35,36,37). The zero-order chi connectivity index (χ0) is 30.9. The van der Waals surface area contributed by atoms with Crippen LogP contribution in [0.25, 0.3) is 11.0 Å². The molecule has 1 atom stereocenters. The highest BCUT2D eigenvalue weighted by atomic mass is 19.4. The Morgan fingerprint density at radius 3 is 2.49 bits per heavy atom. The Morgan fingerprint density at radius 1 is 0.953 bits per heavy atom. The Bertz CT molecular complexity index is 1850. The van der Waals surface area contributed by atoms with Crippen molar-refractivity contribution in [2.75, 3.05) is 16.0 Å². The van der Waals surface area contributed by atoms with Gasteiger partial charge in [-0.2, -0.15) is 13.2 Å². The average molecular weight is 593 g/mol. The summed E-state index contributed by atoms with van der Waals surface area (Å²) >= 11 is 0. The van der Waals surface area contributed by atoms with E-state index in [-0.39, 0.29) is 5.69 Å². The molecule has 5 rings (SSSR count). The van der Waals surface area contributed by atoms with Crippen LogP contribution >= 0.6 is 0 Å². The number of benzene rings is 3. The van der Waals surface area contributed by atoms with E-state index in [1.54, 1.807) is 44.2 Å². The molecule has 0 saturated heterocycles. The van der Waals surface area contributed by atoms with Crippen LogP contribution in [0.2, 0.25) is 0 Å². The lowest BCUT2D eigenvalue weighted by atomic mass is 10.1. The minimum atomic E-state index is -4.83. The maximum atomic E-state index is 13.8. The van der Waals surface area contributed by atoms with Gasteiger partial charge in [-0.05, 0) is 73.5 Å². The monoisotopic (exact) mass is 592 g/mol. The summed E-state index contributed by atoms with van der Waals surface area (Å²) in [6.45, 7) is 3.37. The number of nitrogens with zero attached hydrogens (tertiary/aromatic N) is 3. The van der Waals surface area contributed by atoms with Gasteiger partial charge in [0.25, 0.3) is 5.91 Å². The number of rotatable bonds is 6. The molecule has 0 bridgehead atoms. The van der Waals surface area contributed by atoms with E-state index in [0.29, 0.717) is 57.6 Å². The normalized spacial score (nSPS) is 12.2. The molecule has 0 aliphatic rings. The molecule has 9 nitrogen and oxygen atoms in total. The Hall–Kier alpha value is -5.30. The Morgan fingerprint density at radius 2 is 1.74 bits per heavy atom. The minimum Gasteiger partial charge on any atom is -0.389 e. The summed E-state index contributed by atoms with van der Waals surface area (Å²) in [5.74, 6) is -1.73. The van der Waals surface area contributed by atoms with Crippen LogP contribution in [-0.4, -0.2) is 31.6 Å². The lowest BCUT2D eigenvalue weighted by molar-refractivity contribution is -0.137. The fraction of sp³-hybridized carbons (Fsp3) is 0.133. The first-order valence-corrected chi connectivity index (χ1v) is 12.9. The maximum Gasteiger partial charge on any atom is 0.416 e. The summed E-state index contributed by atoms with van der Waals surface area (Å²) in [5, 5.41) is 18.8. The fourth-order valence-corrected chi connectivity index (χ4v) is 4.33. The van der Waals surface area contributed by atoms with E-state index in [1.165, 1.54) is 29.2 Å². The number of nitrogens with one attached hydrogen (secondary N) is 3. The lowest BCUT2D eigenvalue weighted by Gasteiger charge is -2.13. The highest BCUT2D eigenvalue weighted by Gasteiger charge is 2.32. The molecule has 3 aromatic carbocycles. The number of aliphatic hydroxyl groups excluding tert-OH is 1. The van der Waals surface area contributed by atoms with Gasteiger partial charge in [-0.25, -0.2) is 19.2 Å². The largest absolute Gasteiger partial charge is 0.416 e. The van der Waals surface area contributed by atoms with Gasteiger partial charge in [0.1, 0.15) is 18.0 Å². The van der Waals surface area contributed by atoms with Crippen LogP contribution in [0.3, 0.4) is 0 Å². The molecular formula is C30H24F4N6O3. The van der Waals surface area contributed by atoms with E-state index < -0.39 is 41.2 Å².